The molecule has 0 heterocycles. The van der Waals surface area contributed by atoms with E-state index in [9.17, 15) is 14.4 Å². The highest BCUT2D eigenvalue weighted by atomic mass is 27.3. The molecule has 0 bridgehead atoms. The Hall–Kier alpha value is -1.06. The van der Waals surface area contributed by atoms with E-state index in [4.69, 9.17) is 11.4 Å². The third kappa shape index (κ3) is 73.6. The van der Waals surface area contributed by atoms with Gasteiger partial charge in [-0.05, 0) is 19.3 Å². The Kier molecular flexibility index (Phi) is 74.5. The van der Waals surface area contributed by atoms with E-state index in [2.05, 4.69) is 20.8 Å². The molecule has 0 aromatic carbocycles. The van der Waals surface area contributed by atoms with Crippen LogP contribution >= 0.6 is 0 Å². The van der Waals surface area contributed by atoms with Gasteiger partial charge in [0.1, 0.15) is 0 Å². The fourth-order valence-electron chi connectivity index (χ4n) is 12.7. The van der Waals surface area contributed by atoms with Crippen LogP contribution in [0.3, 0.4) is 0 Å². The third-order valence-corrected chi connectivity index (χ3v) is 20.0. The van der Waals surface area contributed by atoms with Crippen LogP contribution < -0.4 is 0 Å². The number of hydrogen-bond donors (Lipinski definition) is 0. The Morgan fingerprint density at radius 3 is 0.365 bits per heavy atom. The zero-order valence-corrected chi connectivity index (χ0v) is 59.6. The van der Waals surface area contributed by atoms with Crippen molar-refractivity contribution < 1.29 is 25.7 Å². The van der Waals surface area contributed by atoms with Gasteiger partial charge in [-0.3, -0.25) is 14.4 Å². The molecule has 504 valence electrons. The smallest absolute Gasteiger partial charge is 0.551 e. The van der Waals surface area contributed by atoms with Crippen LogP contribution in [-0.2, 0) is 25.7 Å². The first kappa shape index (κ1) is 83.9. The highest BCUT2D eigenvalue weighted by Gasteiger charge is 2.48. The highest BCUT2D eigenvalue weighted by Crippen LogP contribution is 2.21. The molecule has 0 N–H and O–H groups in total. The van der Waals surface area contributed by atoms with Gasteiger partial charge in [-0.1, -0.05) is 445 Å². The summed E-state index contributed by atoms with van der Waals surface area (Å²) in [6, 6.07) is 0. The number of unbranched alkanes of at least 4 members (excludes halogenated alkanes) is 66. The topological polar surface area (TPSA) is 78.9 Å². The minimum atomic E-state index is -3.27. The van der Waals surface area contributed by atoms with Crippen molar-refractivity contribution in [1.82, 2.24) is 0 Å². The molecule has 0 aliphatic heterocycles. The zero-order valence-electron chi connectivity index (χ0n) is 58.4. The van der Waals surface area contributed by atoms with Gasteiger partial charge in [0.05, 0.1) is 0 Å². The number of carbonyl (C=O) groups excluding carboxylic acids is 3. The summed E-state index contributed by atoms with van der Waals surface area (Å²) in [6.45, 7) is 6.89. The molecule has 0 amide bonds. The molecular weight excluding hydrogens is 1060 g/mol. The number of rotatable bonds is 75. The zero-order chi connectivity index (χ0) is 61.3. The highest BCUT2D eigenvalue weighted by molar-refractivity contribution is 6.44. The van der Waals surface area contributed by atoms with E-state index in [1.54, 1.807) is 0 Å². The van der Waals surface area contributed by atoms with Crippen LogP contribution in [0, 0.1) is 0 Å². The minimum Gasteiger partial charge on any atom is -0.551 e. The van der Waals surface area contributed by atoms with Crippen molar-refractivity contribution in [3.8, 4) is 0 Å². The Morgan fingerprint density at radius 2 is 0.259 bits per heavy atom. The molecule has 0 unspecified atom stereocenters. The Morgan fingerprint density at radius 1 is 0.165 bits per heavy atom. The molecule has 0 aliphatic carbocycles. The summed E-state index contributed by atoms with van der Waals surface area (Å²) in [4.78, 5) is 39.0. The maximum atomic E-state index is 13.0. The van der Waals surface area contributed by atoms with Crippen LogP contribution in [0.15, 0.2) is 0 Å². The van der Waals surface area contributed by atoms with Gasteiger partial charge in [0, 0.05) is 19.3 Å². The lowest BCUT2D eigenvalue weighted by atomic mass is 10.0. The summed E-state index contributed by atoms with van der Waals surface area (Å²) in [5.41, 5.74) is 0. The van der Waals surface area contributed by atoms with Crippen molar-refractivity contribution in [2.24, 2.45) is 0 Å². The van der Waals surface area contributed by atoms with E-state index in [0.29, 0.717) is 0 Å². The van der Waals surface area contributed by atoms with Gasteiger partial charge in [-0.25, -0.2) is 0 Å². The van der Waals surface area contributed by atoms with Crippen LogP contribution in [0.1, 0.15) is 483 Å². The summed E-state index contributed by atoms with van der Waals surface area (Å²) in [6.07, 6.45) is 92.9. The number of hydrogen-bond acceptors (Lipinski definition) is 6. The largest absolute Gasteiger partial charge is 1.20 e. The van der Waals surface area contributed by atoms with Gasteiger partial charge in [-0.2, -0.15) is 0 Å². The Bertz CT molecular complexity index is 1140. The van der Waals surface area contributed by atoms with E-state index in [1.165, 1.54) is 385 Å². The van der Waals surface area contributed by atoms with Gasteiger partial charge in [0.15, 0.2) is 0 Å². The summed E-state index contributed by atoms with van der Waals surface area (Å²) in [5, 5.41) is 0. The van der Waals surface area contributed by atoms with Crippen molar-refractivity contribution in [2.75, 3.05) is 0 Å². The average molecular weight is 1210 g/mol. The molecule has 7 heteroatoms. The lowest BCUT2D eigenvalue weighted by Crippen LogP contribution is -2.34. The second-order valence-electron chi connectivity index (χ2n) is 27.3. The molecule has 0 aromatic heterocycles. The predicted molar refractivity (Wildman–Crippen MR) is 373 cm³/mol. The van der Waals surface area contributed by atoms with Crippen LogP contribution in [0.2, 0.25) is 0 Å². The summed E-state index contributed by atoms with van der Waals surface area (Å²) in [5.74, 6) is -1.21. The van der Waals surface area contributed by atoms with E-state index in [1.807, 2.05) is 0 Å². The van der Waals surface area contributed by atoms with Crippen LogP contribution in [0.4, 0.5) is 0 Å². The van der Waals surface area contributed by atoms with Gasteiger partial charge in [0.2, 0.25) is 0 Å². The average Bonchev–Trinajstić information content (AvgIpc) is 3.50. The second-order valence-corrected chi connectivity index (χ2v) is 28.6. The SMILES string of the molecule is CCCCCCCCCCCCCCCCCCCCCCCCCC(=O)[O][Al]([O]C(=O)CCCCCCCCCCCCCCCCCCCCCCCCC)[O]C(=O)CCCCCCCCCCCCCCCCCCCCCCCCC. The van der Waals surface area contributed by atoms with Crippen LogP contribution in [0.25, 0.3) is 0 Å². The molecule has 0 saturated heterocycles. The van der Waals surface area contributed by atoms with Crippen LogP contribution in [-0.4, -0.2) is 33.1 Å². The van der Waals surface area contributed by atoms with Crippen molar-refractivity contribution in [1.29, 1.82) is 0 Å². The molecule has 0 aromatic rings. The lowest BCUT2D eigenvalue weighted by molar-refractivity contribution is -0.148. The maximum Gasteiger partial charge on any atom is 1.20 e. The molecule has 0 aliphatic rings. The van der Waals surface area contributed by atoms with Gasteiger partial charge in [0.25, 0.3) is 17.9 Å². The third-order valence-electron chi connectivity index (χ3n) is 18.6. The molecule has 0 saturated carbocycles. The quantitative estimate of drug-likeness (QED) is 0.0446. The summed E-state index contributed by atoms with van der Waals surface area (Å²) in [7, 11) is 0. The Labute approximate surface area is 538 Å². The molecule has 0 atom stereocenters. The first-order valence-electron chi connectivity index (χ1n) is 39.6. The van der Waals surface area contributed by atoms with Gasteiger partial charge < -0.3 is 11.4 Å². The minimum absolute atomic E-state index is 0.275. The molecular formula is C78H153AlO6. The Balaban J connectivity index is 4.26. The van der Waals surface area contributed by atoms with Crippen molar-refractivity contribution >= 4 is 33.1 Å². The lowest BCUT2D eigenvalue weighted by Gasteiger charge is -2.14. The molecule has 0 rings (SSSR count). The van der Waals surface area contributed by atoms with E-state index in [0.717, 1.165) is 57.8 Å². The maximum absolute atomic E-state index is 13.0. The molecule has 6 nitrogen and oxygen atoms in total. The predicted octanol–water partition coefficient (Wildman–Crippen LogP) is 27.7. The molecule has 0 spiro atoms. The van der Waals surface area contributed by atoms with Gasteiger partial charge >= 0.3 is 15.1 Å². The van der Waals surface area contributed by atoms with Gasteiger partial charge in [-0.15, -0.1) is 0 Å². The fourth-order valence-corrected chi connectivity index (χ4v) is 13.9. The van der Waals surface area contributed by atoms with E-state index >= 15 is 0 Å². The van der Waals surface area contributed by atoms with Crippen molar-refractivity contribution in [3.63, 3.8) is 0 Å². The monoisotopic (exact) mass is 1210 g/mol. The van der Waals surface area contributed by atoms with E-state index < -0.39 is 33.1 Å². The first-order valence-corrected chi connectivity index (χ1v) is 41.0. The van der Waals surface area contributed by atoms with Crippen molar-refractivity contribution in [3.05, 3.63) is 0 Å². The molecule has 0 radical (unpaired) electrons. The summed E-state index contributed by atoms with van der Waals surface area (Å²) >= 11 is -3.27. The molecule has 0 fully saturated rings. The standard InChI is InChI=1S/3C26H52O2.Al/c3*1-2-3-4-5-6-7-8-9-10-11-12-13-14-15-16-17-18-19-20-21-22-23-24-25-26(27)28;/h3*2-25H2,1H3,(H,27,28);/q;;;+3/p-3. The fraction of sp³-hybridized carbons (Fsp3) is 0.962. The normalized spacial score (nSPS) is 11.5. The summed E-state index contributed by atoms with van der Waals surface area (Å²) < 4.78 is 17.0. The number of carbonyl (C=O) groups is 3. The van der Waals surface area contributed by atoms with Crippen LogP contribution in [0.5, 0.6) is 0 Å². The molecule has 85 heavy (non-hydrogen) atoms. The second kappa shape index (κ2) is 75.4. The van der Waals surface area contributed by atoms with Crippen molar-refractivity contribution in [2.45, 2.75) is 483 Å². The first-order chi connectivity index (χ1) is 42.0. The van der Waals surface area contributed by atoms with E-state index in [-0.39, 0.29) is 19.3 Å².